The summed E-state index contributed by atoms with van der Waals surface area (Å²) in [5.41, 5.74) is 4.30. The van der Waals surface area contributed by atoms with Crippen molar-refractivity contribution >= 4 is 12.4 Å². The Labute approximate surface area is 129 Å². The highest BCUT2D eigenvalue weighted by Gasteiger charge is 2.26. The van der Waals surface area contributed by atoms with Crippen molar-refractivity contribution in [3.05, 3.63) is 28.8 Å². The predicted molar refractivity (Wildman–Crippen MR) is 88.3 cm³/mol. The average Bonchev–Trinajstić information content (AvgIpc) is 2.49. The molecular weight excluding hydrogens is 270 g/mol. The maximum atomic E-state index is 6.01. The maximum Gasteiger partial charge on any atom is 0.127 e. The molecule has 1 N–H and O–H groups in total. The van der Waals surface area contributed by atoms with Crippen molar-refractivity contribution in [1.82, 2.24) is 5.32 Å². The van der Waals surface area contributed by atoms with Crippen LogP contribution in [0.15, 0.2) is 12.1 Å². The molecule has 2 nitrogen and oxygen atoms in total. The largest absolute Gasteiger partial charge is 0.492 e. The highest BCUT2D eigenvalue weighted by Crippen LogP contribution is 2.38. The van der Waals surface area contributed by atoms with E-state index in [4.69, 9.17) is 4.74 Å². The van der Waals surface area contributed by atoms with E-state index in [1.165, 1.54) is 16.7 Å². The maximum absolute atomic E-state index is 6.01. The normalized spacial score (nSPS) is 15.7. The minimum absolute atomic E-state index is 0. The SMILES string of the molecule is CC(C)(C)c1cc2c(c(C(C)(C)C)c1)OCCNC2.Cl. The Morgan fingerprint density at radius 3 is 2.20 bits per heavy atom. The van der Waals surface area contributed by atoms with Gasteiger partial charge in [0.25, 0.3) is 0 Å². The molecule has 0 bridgehead atoms. The van der Waals surface area contributed by atoms with Gasteiger partial charge in [0.1, 0.15) is 12.4 Å². The van der Waals surface area contributed by atoms with E-state index in [-0.39, 0.29) is 23.2 Å². The molecule has 0 fully saturated rings. The molecule has 0 amide bonds. The second kappa shape index (κ2) is 5.95. The number of rotatable bonds is 0. The lowest BCUT2D eigenvalue weighted by Gasteiger charge is -2.28. The van der Waals surface area contributed by atoms with E-state index in [1.807, 2.05) is 0 Å². The zero-order valence-electron chi connectivity index (χ0n) is 13.6. The standard InChI is InChI=1S/C17H27NO.ClH/c1-16(2,3)13-9-12-11-18-7-8-19-15(12)14(10-13)17(4,5)6;/h9-10,18H,7-8,11H2,1-6H3;1H. The van der Waals surface area contributed by atoms with E-state index in [9.17, 15) is 0 Å². The van der Waals surface area contributed by atoms with Crippen molar-refractivity contribution in [1.29, 1.82) is 0 Å². The molecule has 20 heavy (non-hydrogen) atoms. The average molecular weight is 298 g/mol. The number of nitrogens with one attached hydrogen (secondary N) is 1. The lowest BCUT2D eigenvalue weighted by atomic mass is 9.79. The fourth-order valence-corrected chi connectivity index (χ4v) is 2.43. The van der Waals surface area contributed by atoms with Crippen molar-refractivity contribution in [2.75, 3.05) is 13.2 Å². The molecule has 0 unspecified atom stereocenters. The van der Waals surface area contributed by atoms with Crippen LogP contribution in [0.4, 0.5) is 0 Å². The van der Waals surface area contributed by atoms with Gasteiger partial charge in [-0.2, -0.15) is 0 Å². The molecule has 1 heterocycles. The van der Waals surface area contributed by atoms with Crippen LogP contribution < -0.4 is 10.1 Å². The second-order valence-electron chi connectivity index (χ2n) is 7.54. The molecule has 114 valence electrons. The number of halogens is 1. The number of hydrogen-bond donors (Lipinski definition) is 1. The van der Waals surface area contributed by atoms with Crippen LogP contribution >= 0.6 is 12.4 Å². The molecule has 1 aromatic carbocycles. The fourth-order valence-electron chi connectivity index (χ4n) is 2.43. The van der Waals surface area contributed by atoms with Crippen LogP contribution in [-0.2, 0) is 17.4 Å². The third-order valence-corrected chi connectivity index (χ3v) is 3.68. The lowest BCUT2D eigenvalue weighted by Crippen LogP contribution is -2.19. The summed E-state index contributed by atoms with van der Waals surface area (Å²) in [5.74, 6) is 1.10. The van der Waals surface area contributed by atoms with Crippen LogP contribution in [-0.4, -0.2) is 13.2 Å². The Bertz CT molecular complexity index is 469. The Hall–Kier alpha value is -0.730. The zero-order chi connectivity index (χ0) is 14.3. The van der Waals surface area contributed by atoms with Gasteiger partial charge in [0.05, 0.1) is 0 Å². The van der Waals surface area contributed by atoms with E-state index in [0.717, 1.165) is 25.4 Å². The first-order valence-electron chi connectivity index (χ1n) is 7.21. The van der Waals surface area contributed by atoms with Gasteiger partial charge in [-0.25, -0.2) is 0 Å². The lowest BCUT2D eigenvalue weighted by molar-refractivity contribution is 0.316. The fraction of sp³-hybridized carbons (Fsp3) is 0.647. The van der Waals surface area contributed by atoms with Crippen LogP contribution in [0, 0.1) is 0 Å². The van der Waals surface area contributed by atoms with Gasteiger partial charge in [0, 0.05) is 24.2 Å². The van der Waals surface area contributed by atoms with Gasteiger partial charge in [-0.3, -0.25) is 0 Å². The van der Waals surface area contributed by atoms with Crippen LogP contribution in [0.1, 0.15) is 58.2 Å². The smallest absolute Gasteiger partial charge is 0.127 e. The molecule has 0 saturated carbocycles. The van der Waals surface area contributed by atoms with Gasteiger partial charge in [0.15, 0.2) is 0 Å². The molecule has 1 aliphatic rings. The monoisotopic (exact) mass is 297 g/mol. The van der Waals surface area contributed by atoms with Crippen LogP contribution in [0.2, 0.25) is 0 Å². The van der Waals surface area contributed by atoms with Gasteiger partial charge >= 0.3 is 0 Å². The van der Waals surface area contributed by atoms with Crippen LogP contribution in [0.5, 0.6) is 5.75 Å². The van der Waals surface area contributed by atoms with Crippen molar-refractivity contribution in [3.63, 3.8) is 0 Å². The van der Waals surface area contributed by atoms with Crippen molar-refractivity contribution in [3.8, 4) is 5.75 Å². The first-order chi connectivity index (χ1) is 8.69. The first kappa shape index (κ1) is 17.3. The van der Waals surface area contributed by atoms with E-state index < -0.39 is 0 Å². The summed E-state index contributed by atoms with van der Waals surface area (Å²) in [4.78, 5) is 0. The van der Waals surface area contributed by atoms with Crippen molar-refractivity contribution in [2.45, 2.75) is 58.9 Å². The molecule has 0 saturated heterocycles. The molecule has 0 aliphatic carbocycles. The van der Waals surface area contributed by atoms with Gasteiger partial charge < -0.3 is 10.1 Å². The quantitative estimate of drug-likeness (QED) is 0.775. The summed E-state index contributed by atoms with van der Waals surface area (Å²) < 4.78 is 6.01. The molecule has 0 atom stereocenters. The number of hydrogen-bond acceptors (Lipinski definition) is 2. The molecule has 1 aromatic rings. The molecule has 3 heteroatoms. The third kappa shape index (κ3) is 3.67. The van der Waals surface area contributed by atoms with Gasteiger partial charge in [0.2, 0.25) is 0 Å². The summed E-state index contributed by atoms with van der Waals surface area (Å²) in [6.45, 7) is 16.2. The van der Waals surface area contributed by atoms with E-state index in [0.29, 0.717) is 0 Å². The topological polar surface area (TPSA) is 21.3 Å². The predicted octanol–water partition coefficient (Wildman–Crippen LogP) is 4.19. The van der Waals surface area contributed by atoms with E-state index in [2.05, 4.69) is 59.0 Å². The van der Waals surface area contributed by atoms with E-state index >= 15 is 0 Å². The summed E-state index contributed by atoms with van der Waals surface area (Å²) in [6, 6.07) is 4.65. The Morgan fingerprint density at radius 1 is 1.00 bits per heavy atom. The summed E-state index contributed by atoms with van der Waals surface area (Å²) in [7, 11) is 0. The Balaban J connectivity index is 0.00000200. The minimum Gasteiger partial charge on any atom is -0.492 e. The molecule has 0 aromatic heterocycles. The third-order valence-electron chi connectivity index (χ3n) is 3.68. The second-order valence-corrected chi connectivity index (χ2v) is 7.54. The van der Waals surface area contributed by atoms with Gasteiger partial charge in [-0.15, -0.1) is 12.4 Å². The van der Waals surface area contributed by atoms with Crippen LogP contribution in [0.3, 0.4) is 0 Å². The minimum atomic E-state index is 0. The number of fused-ring (bicyclic) bond motifs is 1. The molecule has 1 aliphatic heterocycles. The summed E-state index contributed by atoms with van der Waals surface area (Å²) in [6.07, 6.45) is 0. The first-order valence-corrected chi connectivity index (χ1v) is 7.21. The molecule has 0 radical (unpaired) electrons. The molecule has 0 spiro atoms. The molecule has 2 rings (SSSR count). The number of benzene rings is 1. The zero-order valence-corrected chi connectivity index (χ0v) is 14.4. The summed E-state index contributed by atoms with van der Waals surface area (Å²) >= 11 is 0. The van der Waals surface area contributed by atoms with Gasteiger partial charge in [-0.1, -0.05) is 53.7 Å². The van der Waals surface area contributed by atoms with E-state index in [1.54, 1.807) is 0 Å². The molecular formula is C17H28ClNO. The van der Waals surface area contributed by atoms with Crippen molar-refractivity contribution in [2.24, 2.45) is 0 Å². The highest BCUT2D eigenvalue weighted by molar-refractivity contribution is 5.85. The van der Waals surface area contributed by atoms with Gasteiger partial charge in [-0.05, 0) is 16.4 Å². The Kier molecular flexibility index (Phi) is 5.15. The highest BCUT2D eigenvalue weighted by atomic mass is 35.5. The van der Waals surface area contributed by atoms with Crippen LogP contribution in [0.25, 0.3) is 0 Å². The summed E-state index contributed by atoms with van der Waals surface area (Å²) in [5, 5.41) is 3.44. The Morgan fingerprint density at radius 2 is 1.65 bits per heavy atom. The van der Waals surface area contributed by atoms with Crippen molar-refractivity contribution < 1.29 is 4.74 Å². The number of ether oxygens (including phenoxy) is 1.